The average Bonchev–Trinajstić information content (AvgIpc) is 3.59. The fourth-order valence-electron chi connectivity index (χ4n) is 6.05. The summed E-state index contributed by atoms with van der Waals surface area (Å²) in [5, 5.41) is 3.21. The van der Waals surface area contributed by atoms with Crippen molar-refractivity contribution in [2.45, 2.75) is 69.5 Å². The van der Waals surface area contributed by atoms with Gasteiger partial charge in [-0.15, -0.1) is 0 Å². The van der Waals surface area contributed by atoms with Gasteiger partial charge in [0, 0.05) is 19.0 Å². The van der Waals surface area contributed by atoms with Crippen molar-refractivity contribution in [2.75, 3.05) is 18.0 Å². The molecule has 1 aliphatic rings. The molecule has 0 bridgehead atoms. The first-order valence-corrected chi connectivity index (χ1v) is 17.5. The van der Waals surface area contributed by atoms with E-state index in [1.54, 1.807) is 36.4 Å². The number of benzene rings is 4. The highest BCUT2D eigenvalue weighted by Crippen LogP contribution is 2.34. The number of hydrogen-bond acceptors (Lipinski definition) is 5. The van der Waals surface area contributed by atoms with Gasteiger partial charge in [-0.1, -0.05) is 97.3 Å². The SMILES string of the molecule is COc1ccc(C)cc1N(CC(=O)N(Cc1ccccc1)C(Cc1ccccc1)C(=O)NC1CCCC1)S(=O)(=O)c1ccc(C)cc1. The summed E-state index contributed by atoms with van der Waals surface area (Å²) in [6.07, 6.45) is 4.16. The molecule has 0 heterocycles. The van der Waals surface area contributed by atoms with E-state index in [-0.39, 0.29) is 35.5 Å². The van der Waals surface area contributed by atoms with E-state index in [9.17, 15) is 18.0 Å². The number of carbonyl (C=O) groups is 2. The van der Waals surface area contributed by atoms with E-state index in [1.807, 2.05) is 80.6 Å². The molecule has 1 aliphatic carbocycles. The van der Waals surface area contributed by atoms with Crippen LogP contribution in [-0.4, -0.2) is 50.9 Å². The first-order chi connectivity index (χ1) is 22.7. The number of sulfonamides is 1. The molecule has 5 rings (SSSR count). The zero-order valence-electron chi connectivity index (χ0n) is 27.3. The van der Waals surface area contributed by atoms with Gasteiger partial charge in [-0.25, -0.2) is 8.42 Å². The molecule has 1 N–H and O–H groups in total. The normalized spacial score (nSPS) is 13.9. The third kappa shape index (κ3) is 8.40. The number of nitrogens with one attached hydrogen (secondary N) is 1. The van der Waals surface area contributed by atoms with E-state index in [0.29, 0.717) is 5.75 Å². The summed E-state index contributed by atoms with van der Waals surface area (Å²) in [4.78, 5) is 30.4. The summed E-state index contributed by atoms with van der Waals surface area (Å²) in [6, 6.07) is 30.0. The Kier molecular flexibility index (Phi) is 11.0. The number of rotatable bonds is 13. The fourth-order valence-corrected chi connectivity index (χ4v) is 7.46. The van der Waals surface area contributed by atoms with Crippen molar-refractivity contribution in [3.63, 3.8) is 0 Å². The van der Waals surface area contributed by atoms with Gasteiger partial charge in [-0.05, 0) is 67.6 Å². The van der Waals surface area contributed by atoms with Crippen LogP contribution in [-0.2, 0) is 32.6 Å². The first kappa shape index (κ1) is 33.7. The second-order valence-electron chi connectivity index (χ2n) is 12.2. The molecular formula is C38H43N3O5S. The standard InChI is InChI=1S/C38H43N3O5S/c1-28-18-21-33(22-19-28)47(44,45)41(34-24-29(2)20-23-36(34)46-3)27-37(42)40(26-31-14-8-5-9-15-31)35(25-30-12-6-4-7-13-30)38(43)39-32-16-10-11-17-32/h4-9,12-15,18-24,32,35H,10-11,16-17,25-27H2,1-3H3,(H,39,43). The Balaban J connectivity index is 1.59. The van der Waals surface area contributed by atoms with Crippen molar-refractivity contribution in [3.05, 3.63) is 125 Å². The molecule has 0 aromatic heterocycles. The van der Waals surface area contributed by atoms with Crippen LogP contribution in [0, 0.1) is 13.8 Å². The minimum absolute atomic E-state index is 0.0458. The number of nitrogens with zero attached hydrogens (tertiary/aromatic N) is 2. The Hall–Kier alpha value is -4.63. The molecule has 4 aromatic carbocycles. The first-order valence-electron chi connectivity index (χ1n) is 16.1. The van der Waals surface area contributed by atoms with Crippen LogP contribution < -0.4 is 14.4 Å². The van der Waals surface area contributed by atoms with Crippen molar-refractivity contribution in [3.8, 4) is 5.75 Å². The van der Waals surface area contributed by atoms with Crippen LogP contribution in [0.1, 0.15) is 47.9 Å². The highest BCUT2D eigenvalue weighted by Gasteiger charge is 2.36. The summed E-state index contributed by atoms with van der Waals surface area (Å²) < 4.78 is 35.5. The Morgan fingerprint density at radius 1 is 0.830 bits per heavy atom. The molecule has 2 amide bonds. The Labute approximate surface area is 278 Å². The lowest BCUT2D eigenvalue weighted by molar-refractivity contribution is -0.140. The quantitative estimate of drug-likeness (QED) is 0.185. The Morgan fingerprint density at radius 2 is 1.43 bits per heavy atom. The molecule has 4 aromatic rings. The molecule has 0 radical (unpaired) electrons. The van der Waals surface area contributed by atoms with Crippen molar-refractivity contribution < 1.29 is 22.7 Å². The average molecular weight is 654 g/mol. The molecule has 9 heteroatoms. The number of carbonyl (C=O) groups excluding carboxylic acids is 2. The van der Waals surface area contributed by atoms with Gasteiger partial charge < -0.3 is 15.0 Å². The summed E-state index contributed by atoms with van der Waals surface area (Å²) in [5.41, 5.74) is 3.68. The molecule has 47 heavy (non-hydrogen) atoms. The molecule has 1 saturated carbocycles. The third-order valence-corrected chi connectivity index (χ3v) is 10.4. The molecule has 0 spiro atoms. The van der Waals surface area contributed by atoms with Gasteiger partial charge in [-0.2, -0.15) is 0 Å². The molecule has 0 aliphatic heterocycles. The number of ether oxygens (including phenoxy) is 1. The van der Waals surface area contributed by atoms with Crippen LogP contribution >= 0.6 is 0 Å². The number of amides is 2. The maximum atomic E-state index is 14.7. The maximum absolute atomic E-state index is 14.7. The molecule has 8 nitrogen and oxygen atoms in total. The minimum Gasteiger partial charge on any atom is -0.495 e. The summed E-state index contributed by atoms with van der Waals surface area (Å²) in [7, 11) is -2.77. The highest BCUT2D eigenvalue weighted by molar-refractivity contribution is 7.92. The van der Waals surface area contributed by atoms with E-state index in [1.165, 1.54) is 12.0 Å². The zero-order chi connectivity index (χ0) is 33.4. The van der Waals surface area contributed by atoms with Crippen LogP contribution in [0.25, 0.3) is 0 Å². The molecule has 1 atom stereocenters. The predicted molar refractivity (Wildman–Crippen MR) is 185 cm³/mol. The highest BCUT2D eigenvalue weighted by atomic mass is 32.2. The largest absolute Gasteiger partial charge is 0.495 e. The van der Waals surface area contributed by atoms with Gasteiger partial charge in [0.15, 0.2) is 0 Å². The smallest absolute Gasteiger partial charge is 0.264 e. The van der Waals surface area contributed by atoms with Crippen LogP contribution in [0.15, 0.2) is 108 Å². The minimum atomic E-state index is -4.24. The van der Waals surface area contributed by atoms with Gasteiger partial charge >= 0.3 is 0 Å². The second-order valence-corrected chi connectivity index (χ2v) is 14.1. The van der Waals surface area contributed by atoms with Crippen LogP contribution in [0.3, 0.4) is 0 Å². The van der Waals surface area contributed by atoms with Crippen molar-refractivity contribution in [2.24, 2.45) is 0 Å². The Morgan fingerprint density at radius 3 is 2.04 bits per heavy atom. The van der Waals surface area contributed by atoms with E-state index in [2.05, 4.69) is 5.32 Å². The Bertz CT molecular complexity index is 1760. The maximum Gasteiger partial charge on any atom is 0.264 e. The summed E-state index contributed by atoms with van der Waals surface area (Å²) in [6.45, 7) is 3.32. The number of methoxy groups -OCH3 is 1. The predicted octanol–water partition coefficient (Wildman–Crippen LogP) is 6.21. The van der Waals surface area contributed by atoms with E-state index in [0.717, 1.165) is 52.2 Å². The monoisotopic (exact) mass is 653 g/mol. The fraction of sp³-hybridized carbons (Fsp3) is 0.316. The summed E-state index contributed by atoms with van der Waals surface area (Å²) in [5.74, 6) is -0.435. The second kappa shape index (κ2) is 15.3. The van der Waals surface area contributed by atoms with Gasteiger partial charge in [0.25, 0.3) is 10.0 Å². The topological polar surface area (TPSA) is 96.0 Å². The van der Waals surface area contributed by atoms with Crippen molar-refractivity contribution in [1.29, 1.82) is 0 Å². The van der Waals surface area contributed by atoms with Crippen molar-refractivity contribution >= 4 is 27.5 Å². The van der Waals surface area contributed by atoms with Crippen molar-refractivity contribution in [1.82, 2.24) is 10.2 Å². The van der Waals surface area contributed by atoms with Gasteiger partial charge in [0.2, 0.25) is 11.8 Å². The molecule has 1 unspecified atom stereocenters. The number of hydrogen-bond donors (Lipinski definition) is 1. The zero-order valence-corrected chi connectivity index (χ0v) is 28.1. The lowest BCUT2D eigenvalue weighted by Gasteiger charge is -2.34. The molecular weight excluding hydrogens is 611 g/mol. The van der Waals surface area contributed by atoms with Crippen LogP contribution in [0.5, 0.6) is 5.75 Å². The lowest BCUT2D eigenvalue weighted by Crippen LogP contribution is -2.54. The molecule has 1 fully saturated rings. The summed E-state index contributed by atoms with van der Waals surface area (Å²) >= 11 is 0. The molecule has 246 valence electrons. The van der Waals surface area contributed by atoms with Gasteiger partial charge in [0.1, 0.15) is 18.3 Å². The van der Waals surface area contributed by atoms with Crippen LogP contribution in [0.4, 0.5) is 5.69 Å². The number of aryl methyl sites for hydroxylation is 2. The molecule has 0 saturated heterocycles. The van der Waals surface area contributed by atoms with Crippen LogP contribution in [0.2, 0.25) is 0 Å². The third-order valence-electron chi connectivity index (χ3n) is 8.66. The van der Waals surface area contributed by atoms with Gasteiger partial charge in [0.05, 0.1) is 17.7 Å². The number of anilines is 1. The van der Waals surface area contributed by atoms with E-state index < -0.39 is 28.5 Å². The lowest BCUT2D eigenvalue weighted by atomic mass is 10.0. The van der Waals surface area contributed by atoms with Gasteiger partial charge in [-0.3, -0.25) is 13.9 Å². The van der Waals surface area contributed by atoms with E-state index >= 15 is 0 Å². The van der Waals surface area contributed by atoms with E-state index in [4.69, 9.17) is 4.74 Å².